The second-order valence-electron chi connectivity index (χ2n) is 4.52. The van der Waals surface area contributed by atoms with Gasteiger partial charge in [-0.1, -0.05) is 37.1 Å². The van der Waals surface area contributed by atoms with Gasteiger partial charge in [0.05, 0.1) is 11.8 Å². The molecule has 108 valence electrons. The van der Waals surface area contributed by atoms with Crippen molar-refractivity contribution in [2.45, 2.75) is 42.9 Å². The summed E-state index contributed by atoms with van der Waals surface area (Å²) in [6.45, 7) is 2.11. The maximum atomic E-state index is 13.5. The van der Waals surface area contributed by atoms with Crippen LogP contribution in [0.2, 0.25) is 0 Å². The molecule has 0 aliphatic rings. The van der Waals surface area contributed by atoms with Crippen molar-refractivity contribution in [3.05, 3.63) is 41.8 Å². The highest BCUT2D eigenvalue weighted by atomic mass is 32.2. The van der Waals surface area contributed by atoms with Gasteiger partial charge in [0.25, 0.3) is 0 Å². The Morgan fingerprint density at radius 3 is 2.95 bits per heavy atom. The lowest BCUT2D eigenvalue weighted by Gasteiger charge is -2.03. The molecule has 1 heterocycles. The van der Waals surface area contributed by atoms with E-state index in [-0.39, 0.29) is 11.9 Å². The molecule has 4 nitrogen and oxygen atoms in total. The fraction of sp³-hybridized carbons (Fsp3) is 0.429. The molecule has 6 heteroatoms. The summed E-state index contributed by atoms with van der Waals surface area (Å²) in [5.41, 5.74) is 5.96. The molecular weight excluding hydrogens is 277 g/mol. The maximum absolute atomic E-state index is 13.5. The minimum atomic E-state index is -0.235. The monoisotopic (exact) mass is 295 g/mol. The minimum Gasteiger partial charge on any atom is -0.338 e. The molecule has 1 unspecified atom stereocenters. The van der Waals surface area contributed by atoms with Crippen LogP contribution in [-0.2, 0) is 5.75 Å². The predicted molar refractivity (Wildman–Crippen MR) is 76.7 cm³/mol. The Bertz CT molecular complexity index is 547. The topological polar surface area (TPSA) is 64.9 Å². The Balaban J connectivity index is 1.91. The number of nitrogens with zero attached hydrogens (tertiary/aromatic N) is 2. The number of aromatic nitrogens is 2. The Labute approximate surface area is 121 Å². The van der Waals surface area contributed by atoms with Crippen LogP contribution in [0.4, 0.5) is 4.39 Å². The maximum Gasteiger partial charge on any atom is 0.243 e. The van der Waals surface area contributed by atoms with Crippen LogP contribution in [0.5, 0.6) is 0 Å². The zero-order valence-electron chi connectivity index (χ0n) is 11.4. The lowest BCUT2D eigenvalue weighted by molar-refractivity contribution is 0.343. The quantitative estimate of drug-likeness (QED) is 0.789. The van der Waals surface area contributed by atoms with Crippen molar-refractivity contribution in [1.29, 1.82) is 0 Å². The number of rotatable bonds is 7. The summed E-state index contributed by atoms with van der Waals surface area (Å²) in [5.74, 6) is 1.23. The first-order valence-corrected chi connectivity index (χ1v) is 7.64. The minimum absolute atomic E-state index is 0.213. The Hall–Kier alpha value is -1.40. The fourth-order valence-corrected chi connectivity index (χ4v) is 2.51. The Morgan fingerprint density at radius 1 is 1.40 bits per heavy atom. The molecule has 0 spiro atoms. The molecular formula is C14H18FN3OS. The van der Waals surface area contributed by atoms with Gasteiger partial charge in [-0.3, -0.25) is 0 Å². The second kappa shape index (κ2) is 7.40. The summed E-state index contributed by atoms with van der Waals surface area (Å²) in [4.78, 5) is 4.84. The number of benzene rings is 1. The van der Waals surface area contributed by atoms with E-state index in [0.29, 0.717) is 22.4 Å². The van der Waals surface area contributed by atoms with Gasteiger partial charge in [-0.05, 0) is 18.6 Å². The van der Waals surface area contributed by atoms with Crippen molar-refractivity contribution >= 4 is 11.8 Å². The van der Waals surface area contributed by atoms with Crippen molar-refractivity contribution in [3.8, 4) is 0 Å². The summed E-state index contributed by atoms with van der Waals surface area (Å²) >= 11 is 1.34. The van der Waals surface area contributed by atoms with Crippen LogP contribution in [0.15, 0.2) is 33.7 Å². The van der Waals surface area contributed by atoms with E-state index in [4.69, 9.17) is 10.3 Å². The highest BCUT2D eigenvalue weighted by Crippen LogP contribution is 2.24. The first-order chi connectivity index (χ1) is 9.70. The van der Waals surface area contributed by atoms with Crippen LogP contribution in [0.25, 0.3) is 0 Å². The Morgan fingerprint density at radius 2 is 2.20 bits per heavy atom. The van der Waals surface area contributed by atoms with Gasteiger partial charge in [0.15, 0.2) is 5.82 Å². The van der Waals surface area contributed by atoms with Crippen molar-refractivity contribution in [2.75, 3.05) is 0 Å². The van der Waals surface area contributed by atoms with Gasteiger partial charge < -0.3 is 10.3 Å². The first kappa shape index (κ1) is 15.0. The number of hydrogen-bond donors (Lipinski definition) is 1. The van der Waals surface area contributed by atoms with Crippen molar-refractivity contribution < 1.29 is 8.91 Å². The SMILES string of the molecule is CCCCC(N)c1nc(CSc2ccccc2F)no1. The van der Waals surface area contributed by atoms with Gasteiger partial charge in [-0.25, -0.2) is 4.39 Å². The molecule has 2 aromatic rings. The van der Waals surface area contributed by atoms with E-state index in [2.05, 4.69) is 17.1 Å². The van der Waals surface area contributed by atoms with Gasteiger partial charge in [-0.15, -0.1) is 11.8 Å². The van der Waals surface area contributed by atoms with E-state index in [1.165, 1.54) is 17.8 Å². The average molecular weight is 295 g/mol. The smallest absolute Gasteiger partial charge is 0.243 e. The largest absolute Gasteiger partial charge is 0.338 e. The van der Waals surface area contributed by atoms with Gasteiger partial charge >= 0.3 is 0 Å². The number of unbranched alkanes of at least 4 members (excludes halogenated alkanes) is 1. The van der Waals surface area contributed by atoms with E-state index < -0.39 is 0 Å². The molecule has 0 saturated carbocycles. The van der Waals surface area contributed by atoms with Crippen LogP contribution in [-0.4, -0.2) is 10.1 Å². The van der Waals surface area contributed by atoms with Crippen LogP contribution < -0.4 is 5.73 Å². The van der Waals surface area contributed by atoms with Gasteiger partial charge in [0.2, 0.25) is 5.89 Å². The lowest BCUT2D eigenvalue weighted by atomic mass is 10.1. The molecule has 0 fully saturated rings. The second-order valence-corrected chi connectivity index (χ2v) is 5.53. The zero-order valence-corrected chi connectivity index (χ0v) is 12.2. The average Bonchev–Trinajstić information content (AvgIpc) is 2.93. The zero-order chi connectivity index (χ0) is 14.4. The van der Waals surface area contributed by atoms with E-state index in [9.17, 15) is 4.39 Å². The van der Waals surface area contributed by atoms with Crippen LogP contribution >= 0.6 is 11.8 Å². The third-order valence-electron chi connectivity index (χ3n) is 2.86. The highest BCUT2D eigenvalue weighted by Gasteiger charge is 2.14. The highest BCUT2D eigenvalue weighted by molar-refractivity contribution is 7.98. The van der Waals surface area contributed by atoms with Gasteiger partial charge in [0, 0.05) is 4.90 Å². The van der Waals surface area contributed by atoms with E-state index in [0.717, 1.165) is 19.3 Å². The molecule has 0 bridgehead atoms. The summed E-state index contributed by atoms with van der Waals surface area (Å²) in [6.07, 6.45) is 2.94. The molecule has 1 atom stereocenters. The lowest BCUT2D eigenvalue weighted by Crippen LogP contribution is -2.10. The van der Waals surface area contributed by atoms with Crippen molar-refractivity contribution in [3.63, 3.8) is 0 Å². The van der Waals surface area contributed by atoms with Crippen molar-refractivity contribution in [1.82, 2.24) is 10.1 Å². The fourth-order valence-electron chi connectivity index (χ4n) is 1.73. The van der Waals surface area contributed by atoms with Crippen LogP contribution in [0.1, 0.15) is 43.9 Å². The van der Waals surface area contributed by atoms with Crippen LogP contribution in [0.3, 0.4) is 0 Å². The normalized spacial score (nSPS) is 12.6. The van der Waals surface area contributed by atoms with Gasteiger partial charge in [0.1, 0.15) is 5.82 Å². The summed E-state index contributed by atoms with van der Waals surface area (Å²) < 4.78 is 18.6. The summed E-state index contributed by atoms with van der Waals surface area (Å²) in [5, 5.41) is 3.88. The molecule has 0 amide bonds. The summed E-state index contributed by atoms with van der Waals surface area (Å²) in [6, 6.07) is 6.42. The molecule has 1 aromatic carbocycles. The van der Waals surface area contributed by atoms with E-state index in [1.807, 2.05) is 0 Å². The number of hydrogen-bond acceptors (Lipinski definition) is 5. The van der Waals surface area contributed by atoms with Crippen molar-refractivity contribution in [2.24, 2.45) is 5.73 Å². The molecule has 20 heavy (non-hydrogen) atoms. The molecule has 2 N–H and O–H groups in total. The Kier molecular flexibility index (Phi) is 5.55. The molecule has 0 aliphatic carbocycles. The third-order valence-corrected chi connectivity index (χ3v) is 3.91. The third kappa shape index (κ3) is 4.05. The predicted octanol–water partition coefficient (Wildman–Crippen LogP) is 3.69. The number of thioether (sulfide) groups is 1. The molecule has 1 aromatic heterocycles. The summed E-state index contributed by atoms with van der Waals surface area (Å²) in [7, 11) is 0. The van der Waals surface area contributed by atoms with E-state index >= 15 is 0 Å². The van der Waals surface area contributed by atoms with E-state index in [1.54, 1.807) is 18.2 Å². The molecule has 2 rings (SSSR count). The standard InChI is InChI=1S/C14H18FN3OS/c1-2-3-7-11(16)14-17-13(18-19-14)9-20-12-8-5-4-6-10(12)15/h4-6,8,11H,2-3,7,9,16H2,1H3. The number of nitrogens with two attached hydrogens (primary N) is 1. The number of halogens is 1. The molecule has 0 radical (unpaired) electrons. The molecule has 0 saturated heterocycles. The first-order valence-electron chi connectivity index (χ1n) is 6.66. The van der Waals surface area contributed by atoms with Gasteiger partial charge in [-0.2, -0.15) is 4.98 Å². The molecule has 0 aliphatic heterocycles. The van der Waals surface area contributed by atoms with Crippen LogP contribution in [0, 0.1) is 5.82 Å².